The van der Waals surface area contributed by atoms with E-state index in [-0.39, 0.29) is 18.0 Å². The minimum Gasteiger partial charge on any atom is -0.508 e. The number of carbonyl (C=O) groups excluding carboxylic acids is 1. The summed E-state index contributed by atoms with van der Waals surface area (Å²) in [7, 11) is 1.33. The number of carbonyl (C=O) groups is 1. The SMILES string of the molecule is COC(=O)c1ccc(-c2c(C(C)(C)CC#N)n(-c3ccc(F)cc3)c3ccc(O)cc23)cc1. The van der Waals surface area contributed by atoms with Crippen molar-refractivity contribution in [2.24, 2.45) is 0 Å². The molecule has 0 aliphatic rings. The first-order valence-corrected chi connectivity index (χ1v) is 10.5. The number of nitriles is 1. The van der Waals surface area contributed by atoms with E-state index in [9.17, 15) is 19.6 Å². The van der Waals surface area contributed by atoms with Crippen molar-refractivity contribution in [3.05, 3.63) is 83.8 Å². The number of halogens is 1. The minimum absolute atomic E-state index is 0.107. The monoisotopic (exact) mass is 442 g/mol. The molecule has 3 aromatic carbocycles. The molecule has 4 aromatic rings. The maximum absolute atomic E-state index is 13.7. The summed E-state index contributed by atoms with van der Waals surface area (Å²) in [6.07, 6.45) is 0.240. The molecule has 0 unspecified atom stereocenters. The van der Waals surface area contributed by atoms with Gasteiger partial charge in [0.2, 0.25) is 0 Å². The largest absolute Gasteiger partial charge is 0.508 e. The van der Waals surface area contributed by atoms with Crippen molar-refractivity contribution in [3.63, 3.8) is 0 Å². The van der Waals surface area contributed by atoms with Crippen LogP contribution < -0.4 is 0 Å². The number of aromatic hydroxyl groups is 1. The van der Waals surface area contributed by atoms with Crippen LogP contribution in [0.4, 0.5) is 4.39 Å². The number of ether oxygens (including phenoxy) is 1. The second kappa shape index (κ2) is 8.44. The van der Waals surface area contributed by atoms with Gasteiger partial charge in [0.1, 0.15) is 11.6 Å². The summed E-state index contributed by atoms with van der Waals surface area (Å²) < 4.78 is 20.5. The number of phenolic OH excluding ortho intramolecular Hbond substituents is 1. The molecular weight excluding hydrogens is 419 g/mol. The van der Waals surface area contributed by atoms with Gasteiger partial charge in [0.15, 0.2) is 0 Å². The number of hydrogen-bond donors (Lipinski definition) is 1. The summed E-state index contributed by atoms with van der Waals surface area (Å²) in [5.41, 5.74) is 3.89. The summed E-state index contributed by atoms with van der Waals surface area (Å²) in [5, 5.41) is 20.6. The van der Waals surface area contributed by atoms with Gasteiger partial charge in [-0.15, -0.1) is 0 Å². The zero-order chi connectivity index (χ0) is 23.8. The standard InChI is InChI=1S/C27H23FN2O3/c1-27(2,14-15-29)25-24(17-4-6-18(7-5-17)26(32)33-3)22-16-21(31)12-13-23(22)30(25)20-10-8-19(28)9-11-20/h4-13,16,31H,14H2,1-3H3. The van der Waals surface area contributed by atoms with E-state index in [1.807, 2.05) is 36.6 Å². The fraction of sp³-hybridized carbons (Fsp3) is 0.185. The number of aromatic nitrogens is 1. The average molecular weight is 442 g/mol. The van der Waals surface area contributed by atoms with E-state index >= 15 is 0 Å². The third-order valence-corrected chi connectivity index (χ3v) is 5.79. The molecule has 0 saturated carbocycles. The Hall–Kier alpha value is -4.11. The van der Waals surface area contributed by atoms with Crippen molar-refractivity contribution in [3.8, 4) is 28.6 Å². The lowest BCUT2D eigenvalue weighted by Crippen LogP contribution is -2.21. The summed E-state index contributed by atoms with van der Waals surface area (Å²) in [4.78, 5) is 11.9. The molecule has 0 amide bonds. The summed E-state index contributed by atoms with van der Waals surface area (Å²) in [6, 6.07) is 20.6. The number of methoxy groups -OCH3 is 1. The molecule has 0 aliphatic heterocycles. The molecule has 0 fully saturated rings. The van der Waals surface area contributed by atoms with E-state index in [4.69, 9.17) is 4.74 Å². The third kappa shape index (κ3) is 3.94. The zero-order valence-corrected chi connectivity index (χ0v) is 18.6. The zero-order valence-electron chi connectivity index (χ0n) is 18.6. The predicted molar refractivity (Wildman–Crippen MR) is 125 cm³/mol. The molecule has 166 valence electrons. The Morgan fingerprint density at radius 1 is 1.09 bits per heavy atom. The number of rotatable bonds is 5. The van der Waals surface area contributed by atoms with Gasteiger partial charge in [0, 0.05) is 34.2 Å². The molecule has 4 rings (SSSR count). The van der Waals surface area contributed by atoms with E-state index in [0.717, 1.165) is 33.4 Å². The topological polar surface area (TPSA) is 75.2 Å². The quantitative estimate of drug-likeness (QED) is 0.378. The van der Waals surface area contributed by atoms with Gasteiger partial charge >= 0.3 is 5.97 Å². The van der Waals surface area contributed by atoms with Gasteiger partial charge in [0.05, 0.1) is 24.3 Å². The number of hydrogen-bond acceptors (Lipinski definition) is 4. The highest BCUT2D eigenvalue weighted by Gasteiger charge is 2.32. The number of esters is 1. The van der Waals surface area contributed by atoms with Crippen molar-refractivity contribution in [2.45, 2.75) is 25.7 Å². The molecule has 1 N–H and O–H groups in total. The fourth-order valence-electron chi connectivity index (χ4n) is 4.24. The van der Waals surface area contributed by atoms with Crippen LogP contribution in [0.25, 0.3) is 27.7 Å². The minimum atomic E-state index is -0.589. The molecule has 0 saturated heterocycles. The number of phenols is 1. The number of nitrogens with zero attached hydrogens (tertiary/aromatic N) is 2. The molecule has 33 heavy (non-hydrogen) atoms. The highest BCUT2D eigenvalue weighted by molar-refractivity contribution is 6.01. The highest BCUT2D eigenvalue weighted by Crippen LogP contribution is 2.44. The first-order chi connectivity index (χ1) is 15.8. The Labute approximate surface area is 191 Å². The Morgan fingerprint density at radius 2 is 1.76 bits per heavy atom. The molecule has 0 atom stereocenters. The first kappa shape index (κ1) is 22.1. The van der Waals surface area contributed by atoms with Crippen LogP contribution in [0.3, 0.4) is 0 Å². The van der Waals surface area contributed by atoms with Gasteiger partial charge in [-0.3, -0.25) is 0 Å². The van der Waals surface area contributed by atoms with E-state index in [1.54, 1.807) is 36.4 Å². The molecule has 6 heteroatoms. The average Bonchev–Trinajstić information content (AvgIpc) is 3.14. The Bertz CT molecular complexity index is 1380. The number of benzene rings is 3. The molecule has 0 bridgehead atoms. The van der Waals surface area contributed by atoms with Crippen molar-refractivity contribution < 1.29 is 19.0 Å². The molecule has 0 aliphatic carbocycles. The van der Waals surface area contributed by atoms with Crippen molar-refractivity contribution in [1.82, 2.24) is 4.57 Å². The Morgan fingerprint density at radius 3 is 2.36 bits per heavy atom. The Kier molecular flexibility index (Phi) is 5.65. The van der Waals surface area contributed by atoms with Gasteiger partial charge in [-0.1, -0.05) is 26.0 Å². The van der Waals surface area contributed by atoms with E-state index < -0.39 is 11.4 Å². The lowest BCUT2D eigenvalue weighted by molar-refractivity contribution is 0.0600. The molecule has 5 nitrogen and oxygen atoms in total. The normalized spacial score (nSPS) is 11.4. The van der Waals surface area contributed by atoms with Crippen LogP contribution in [0.15, 0.2) is 66.7 Å². The maximum Gasteiger partial charge on any atom is 0.337 e. The van der Waals surface area contributed by atoms with Gasteiger partial charge in [0.25, 0.3) is 0 Å². The van der Waals surface area contributed by atoms with E-state index in [1.165, 1.54) is 19.2 Å². The maximum atomic E-state index is 13.7. The number of fused-ring (bicyclic) bond motifs is 1. The van der Waals surface area contributed by atoms with Crippen molar-refractivity contribution in [2.75, 3.05) is 7.11 Å². The van der Waals surface area contributed by atoms with E-state index in [0.29, 0.717) is 5.56 Å². The van der Waals surface area contributed by atoms with Crippen LogP contribution >= 0.6 is 0 Å². The van der Waals surface area contributed by atoms with Gasteiger partial charge < -0.3 is 14.4 Å². The first-order valence-electron chi connectivity index (χ1n) is 10.5. The Balaban J connectivity index is 2.11. The van der Waals surface area contributed by atoms with Crippen LogP contribution in [-0.4, -0.2) is 22.8 Å². The van der Waals surface area contributed by atoms with Crippen LogP contribution in [0, 0.1) is 17.1 Å². The molecule has 0 radical (unpaired) electrons. The van der Waals surface area contributed by atoms with Gasteiger partial charge in [-0.05, 0) is 60.2 Å². The fourth-order valence-corrected chi connectivity index (χ4v) is 4.24. The van der Waals surface area contributed by atoms with E-state index in [2.05, 4.69) is 6.07 Å². The molecule has 0 spiro atoms. The lowest BCUT2D eigenvalue weighted by Gasteiger charge is -2.26. The second-order valence-electron chi connectivity index (χ2n) is 8.52. The molecule has 1 heterocycles. The predicted octanol–water partition coefficient (Wildman–Crippen LogP) is 6.12. The summed E-state index contributed by atoms with van der Waals surface area (Å²) >= 11 is 0. The van der Waals surface area contributed by atoms with Gasteiger partial charge in [-0.25, -0.2) is 9.18 Å². The smallest absolute Gasteiger partial charge is 0.337 e. The van der Waals surface area contributed by atoms with Crippen LogP contribution in [0.5, 0.6) is 5.75 Å². The van der Waals surface area contributed by atoms with Crippen molar-refractivity contribution >= 4 is 16.9 Å². The summed E-state index contributed by atoms with van der Waals surface area (Å²) in [5.74, 6) is -0.668. The van der Waals surface area contributed by atoms with Crippen LogP contribution in [-0.2, 0) is 10.2 Å². The van der Waals surface area contributed by atoms with Crippen LogP contribution in [0.2, 0.25) is 0 Å². The third-order valence-electron chi connectivity index (χ3n) is 5.79. The highest BCUT2D eigenvalue weighted by atomic mass is 19.1. The molecule has 1 aromatic heterocycles. The second-order valence-corrected chi connectivity index (χ2v) is 8.52. The van der Waals surface area contributed by atoms with Crippen molar-refractivity contribution in [1.29, 1.82) is 5.26 Å². The lowest BCUT2D eigenvalue weighted by atomic mass is 9.81. The van der Waals surface area contributed by atoms with Gasteiger partial charge in [-0.2, -0.15) is 5.26 Å². The molecular formula is C27H23FN2O3. The van der Waals surface area contributed by atoms with Crippen LogP contribution in [0.1, 0.15) is 36.3 Å². The summed E-state index contributed by atoms with van der Waals surface area (Å²) in [6.45, 7) is 3.97.